The maximum atomic E-state index is 13.7. The summed E-state index contributed by atoms with van der Waals surface area (Å²) in [7, 11) is -2.34. The largest absolute Gasteiger partial charge is 0.492 e. The van der Waals surface area contributed by atoms with Crippen molar-refractivity contribution in [2.75, 3.05) is 59.6 Å². The van der Waals surface area contributed by atoms with E-state index >= 15 is 0 Å². The number of carbonyl (C=O) groups is 1. The number of methoxy groups -OCH3 is 1. The van der Waals surface area contributed by atoms with Crippen LogP contribution in [0.25, 0.3) is 11.1 Å². The molecule has 0 bridgehead atoms. The maximum absolute atomic E-state index is 13.7. The molecule has 0 atom stereocenters. The van der Waals surface area contributed by atoms with Gasteiger partial charge < -0.3 is 20.1 Å². The van der Waals surface area contributed by atoms with Crippen LogP contribution in [0.4, 0.5) is 0 Å². The van der Waals surface area contributed by atoms with Crippen molar-refractivity contribution >= 4 is 15.7 Å². The Morgan fingerprint density at radius 2 is 1.57 bits per heavy atom. The number of amides is 1. The zero-order valence-electron chi connectivity index (χ0n) is 21.9. The summed E-state index contributed by atoms with van der Waals surface area (Å²) in [6.07, 6.45) is 2.89. The fraction of sp³-hybridized carbons (Fsp3) is 0.536. The number of benzene rings is 2. The van der Waals surface area contributed by atoms with E-state index in [0.29, 0.717) is 32.8 Å². The molecule has 2 heterocycles. The number of nitrogens with zero attached hydrogens (tertiary/aromatic N) is 2. The molecule has 4 rings (SSSR count). The van der Waals surface area contributed by atoms with Crippen LogP contribution in [-0.2, 0) is 19.4 Å². The minimum Gasteiger partial charge on any atom is -0.492 e. The molecule has 0 radical (unpaired) electrons. The number of aryl methyl sites for hydroxylation is 1. The molecular weight excluding hydrogens is 490 g/mol. The number of sulfone groups is 1. The highest BCUT2D eigenvalue weighted by atomic mass is 32.2. The summed E-state index contributed by atoms with van der Waals surface area (Å²) in [6, 6.07) is 12.9. The van der Waals surface area contributed by atoms with Crippen LogP contribution in [-0.4, -0.2) is 88.5 Å². The molecule has 0 aromatic heterocycles. The number of rotatable bonds is 11. The molecule has 2 saturated heterocycles. The van der Waals surface area contributed by atoms with Gasteiger partial charge in [-0.05, 0) is 86.7 Å². The molecule has 37 heavy (non-hydrogen) atoms. The van der Waals surface area contributed by atoms with Crippen LogP contribution < -0.4 is 10.5 Å². The summed E-state index contributed by atoms with van der Waals surface area (Å²) in [6.45, 7) is 8.01. The van der Waals surface area contributed by atoms with E-state index in [-0.39, 0.29) is 17.7 Å². The van der Waals surface area contributed by atoms with Crippen LogP contribution in [0.1, 0.15) is 31.2 Å². The van der Waals surface area contributed by atoms with Gasteiger partial charge in [-0.3, -0.25) is 9.69 Å². The Bertz CT molecular complexity index is 1170. The first-order valence-electron chi connectivity index (χ1n) is 13.1. The van der Waals surface area contributed by atoms with Crippen LogP contribution in [0.2, 0.25) is 0 Å². The van der Waals surface area contributed by atoms with Crippen molar-refractivity contribution in [3.8, 4) is 16.9 Å². The number of ether oxygens (including phenoxy) is 2. The highest BCUT2D eigenvalue weighted by Gasteiger charge is 2.51. The Kier molecular flexibility index (Phi) is 8.90. The molecule has 2 aliphatic rings. The summed E-state index contributed by atoms with van der Waals surface area (Å²) in [5.41, 5.74) is 8.47. The fourth-order valence-electron chi connectivity index (χ4n) is 5.39. The van der Waals surface area contributed by atoms with Crippen molar-refractivity contribution in [3.05, 3.63) is 48.0 Å². The summed E-state index contributed by atoms with van der Waals surface area (Å²) in [5, 5.41) is 0. The van der Waals surface area contributed by atoms with Crippen molar-refractivity contribution in [1.29, 1.82) is 0 Å². The summed E-state index contributed by atoms with van der Waals surface area (Å²) >= 11 is 0. The lowest BCUT2D eigenvalue weighted by atomic mass is 9.95. The lowest BCUT2D eigenvalue weighted by molar-refractivity contribution is -0.121. The van der Waals surface area contributed by atoms with Crippen LogP contribution in [0.5, 0.6) is 5.75 Å². The van der Waals surface area contributed by atoms with Gasteiger partial charge in [0.1, 0.15) is 12.4 Å². The van der Waals surface area contributed by atoms with Gasteiger partial charge >= 0.3 is 0 Å². The lowest BCUT2D eigenvalue weighted by Crippen LogP contribution is -2.57. The molecular formula is C28H39N3O5S. The number of carbonyl (C=O) groups excluding carboxylic acids is 1. The topological polar surface area (TPSA) is 102 Å². The third-order valence-electron chi connectivity index (χ3n) is 7.79. The Balaban J connectivity index is 1.46. The van der Waals surface area contributed by atoms with Gasteiger partial charge in [-0.1, -0.05) is 18.2 Å². The van der Waals surface area contributed by atoms with E-state index in [1.165, 1.54) is 12.8 Å². The van der Waals surface area contributed by atoms with Gasteiger partial charge in [0.05, 0.1) is 11.5 Å². The zero-order chi connectivity index (χ0) is 26.5. The minimum absolute atomic E-state index is 0.139. The van der Waals surface area contributed by atoms with Gasteiger partial charge in [-0.25, -0.2) is 8.42 Å². The summed E-state index contributed by atoms with van der Waals surface area (Å²) in [5.74, 6) is 0.0426. The van der Waals surface area contributed by atoms with E-state index in [2.05, 4.69) is 9.80 Å². The third kappa shape index (κ3) is 6.00. The van der Waals surface area contributed by atoms with Gasteiger partial charge in [0.15, 0.2) is 14.6 Å². The number of hydrogen-bond donors (Lipinski definition) is 1. The minimum atomic E-state index is -3.97. The average molecular weight is 530 g/mol. The number of piperidine rings is 1. The van der Waals surface area contributed by atoms with Gasteiger partial charge in [-0.2, -0.15) is 0 Å². The van der Waals surface area contributed by atoms with E-state index in [4.69, 9.17) is 15.2 Å². The van der Waals surface area contributed by atoms with Crippen LogP contribution in [0.15, 0.2) is 47.4 Å². The third-order valence-corrected chi connectivity index (χ3v) is 10.3. The predicted molar refractivity (Wildman–Crippen MR) is 144 cm³/mol. The SMILES string of the molecule is COCCN1CCC(C(N)=O)(S(=O)(=O)c2ccc(-c3ccc(OCCN4CCCC4)cc3)c(C)c2)CC1. The standard InChI is InChI=1S/C28H39N3O5S/c1-22-21-25(37(33,34)28(27(29)32)11-15-31(16-12-28)17-19-35-2)9-10-26(22)23-5-7-24(8-6-23)36-20-18-30-13-3-4-14-30/h5-10,21H,3-4,11-20H2,1-2H3,(H2,29,32). The monoisotopic (exact) mass is 529 g/mol. The van der Waals surface area contributed by atoms with Gasteiger partial charge in [-0.15, -0.1) is 0 Å². The van der Waals surface area contributed by atoms with Crippen molar-refractivity contribution in [1.82, 2.24) is 9.80 Å². The number of nitrogens with two attached hydrogens (primary N) is 1. The molecule has 2 aromatic carbocycles. The lowest BCUT2D eigenvalue weighted by Gasteiger charge is -2.39. The van der Waals surface area contributed by atoms with Gasteiger partial charge in [0.2, 0.25) is 5.91 Å². The molecule has 0 spiro atoms. The fourth-order valence-corrected chi connectivity index (χ4v) is 7.40. The maximum Gasteiger partial charge on any atom is 0.239 e. The normalized spacial score (nSPS) is 18.6. The molecule has 0 aliphatic carbocycles. The molecule has 2 aliphatic heterocycles. The van der Waals surface area contributed by atoms with Gasteiger partial charge in [0.25, 0.3) is 0 Å². The van der Waals surface area contributed by atoms with Crippen molar-refractivity contribution in [2.45, 2.75) is 42.2 Å². The predicted octanol–water partition coefficient (Wildman–Crippen LogP) is 2.88. The number of likely N-dealkylation sites (tertiary alicyclic amines) is 2. The van der Waals surface area contributed by atoms with E-state index in [1.54, 1.807) is 19.2 Å². The Labute approximate surface area is 220 Å². The van der Waals surface area contributed by atoms with Crippen molar-refractivity contribution in [3.63, 3.8) is 0 Å². The van der Waals surface area contributed by atoms with E-state index < -0.39 is 20.5 Å². The van der Waals surface area contributed by atoms with Gasteiger partial charge in [0, 0.05) is 33.3 Å². The molecule has 8 nitrogen and oxygen atoms in total. The molecule has 0 saturated carbocycles. The summed E-state index contributed by atoms with van der Waals surface area (Å²) < 4.78 is 36.9. The van der Waals surface area contributed by atoms with E-state index in [1.807, 2.05) is 37.3 Å². The Morgan fingerprint density at radius 1 is 0.946 bits per heavy atom. The molecule has 202 valence electrons. The summed E-state index contributed by atoms with van der Waals surface area (Å²) in [4.78, 5) is 17.2. The van der Waals surface area contributed by atoms with E-state index in [9.17, 15) is 13.2 Å². The Hall–Kier alpha value is -2.46. The zero-order valence-corrected chi connectivity index (χ0v) is 22.8. The second-order valence-electron chi connectivity index (χ2n) is 10.1. The first-order chi connectivity index (χ1) is 17.8. The molecule has 0 unspecified atom stereocenters. The van der Waals surface area contributed by atoms with Crippen LogP contribution >= 0.6 is 0 Å². The van der Waals surface area contributed by atoms with Crippen molar-refractivity contribution in [2.24, 2.45) is 5.73 Å². The molecule has 9 heteroatoms. The van der Waals surface area contributed by atoms with E-state index in [0.717, 1.165) is 42.1 Å². The first-order valence-corrected chi connectivity index (χ1v) is 14.6. The van der Waals surface area contributed by atoms with Crippen LogP contribution in [0, 0.1) is 6.92 Å². The Morgan fingerprint density at radius 3 is 2.16 bits per heavy atom. The number of hydrogen-bond acceptors (Lipinski definition) is 7. The quantitative estimate of drug-likeness (QED) is 0.478. The highest BCUT2D eigenvalue weighted by molar-refractivity contribution is 7.93. The first kappa shape index (κ1) is 27.6. The number of primary amides is 1. The second kappa shape index (κ2) is 11.9. The highest BCUT2D eigenvalue weighted by Crippen LogP contribution is 2.37. The molecule has 2 fully saturated rings. The molecule has 1 amide bonds. The van der Waals surface area contributed by atoms with Crippen molar-refractivity contribution < 1.29 is 22.7 Å². The van der Waals surface area contributed by atoms with Crippen LogP contribution in [0.3, 0.4) is 0 Å². The molecule has 2 aromatic rings. The smallest absolute Gasteiger partial charge is 0.239 e. The average Bonchev–Trinajstić information content (AvgIpc) is 3.41. The second-order valence-corrected chi connectivity index (χ2v) is 12.4. The molecule has 2 N–H and O–H groups in total.